The summed E-state index contributed by atoms with van der Waals surface area (Å²) in [7, 11) is 1.15. The minimum Gasteiger partial charge on any atom is -0.469 e. The lowest BCUT2D eigenvalue weighted by molar-refractivity contribution is -0.144. The number of hydrogen-bond acceptors (Lipinski definition) is 6. The van der Waals surface area contributed by atoms with Crippen LogP contribution in [0.15, 0.2) is 18.2 Å². The minimum absolute atomic E-state index is 0.0794. The van der Waals surface area contributed by atoms with Crippen LogP contribution in [0.4, 0.5) is 4.39 Å². The van der Waals surface area contributed by atoms with Crippen LogP contribution in [-0.2, 0) is 14.3 Å². The van der Waals surface area contributed by atoms with Crippen LogP contribution in [0.1, 0.15) is 35.4 Å². The average Bonchev–Trinajstić information content (AvgIpc) is 2.46. The second-order valence-electron chi connectivity index (χ2n) is 4.25. The first-order chi connectivity index (χ1) is 9.90. The maximum atomic E-state index is 13.6. The summed E-state index contributed by atoms with van der Waals surface area (Å²) < 4.78 is 22.6. The molecule has 0 saturated carbocycles. The molecule has 0 saturated heterocycles. The van der Waals surface area contributed by atoms with E-state index < -0.39 is 36.4 Å². The predicted octanol–water partition coefficient (Wildman–Crippen LogP) is 0.960. The second kappa shape index (κ2) is 7.70. The average molecular weight is 300 g/mol. The number of carbonyl (C=O) groups is 2. The smallest absolute Gasteiger partial charge is 0.341 e. The zero-order valence-electron chi connectivity index (χ0n) is 11.7. The highest BCUT2D eigenvalue weighted by atomic mass is 19.1. The summed E-state index contributed by atoms with van der Waals surface area (Å²) in [4.78, 5) is 22.6. The van der Waals surface area contributed by atoms with Crippen LogP contribution in [0, 0.1) is 5.82 Å². The summed E-state index contributed by atoms with van der Waals surface area (Å²) in [6.45, 7) is 1.66. The standard InChI is InChI=1S/C14H17FO6/c1-3-21-14(19)9-6-8(4-5-10(9)15)13(18)11(16)7-12(17)20-2/h4-6,11,13,16,18H,3,7H2,1-2H3. The number of methoxy groups -OCH3 is 1. The number of ether oxygens (including phenoxy) is 2. The van der Waals surface area contributed by atoms with E-state index in [1.165, 1.54) is 6.07 Å². The van der Waals surface area contributed by atoms with Gasteiger partial charge in [-0.05, 0) is 24.6 Å². The number of esters is 2. The van der Waals surface area contributed by atoms with Crippen molar-refractivity contribution in [2.45, 2.75) is 25.6 Å². The van der Waals surface area contributed by atoms with Crippen molar-refractivity contribution in [1.82, 2.24) is 0 Å². The first kappa shape index (κ1) is 17.1. The molecule has 0 heterocycles. The van der Waals surface area contributed by atoms with E-state index in [4.69, 9.17) is 0 Å². The molecule has 1 rings (SSSR count). The summed E-state index contributed by atoms with van der Waals surface area (Å²) in [5.41, 5.74) is -0.255. The fraction of sp³-hybridized carbons (Fsp3) is 0.429. The Labute approximate surface area is 121 Å². The molecule has 2 N–H and O–H groups in total. The van der Waals surface area contributed by atoms with Gasteiger partial charge in [-0.15, -0.1) is 0 Å². The van der Waals surface area contributed by atoms with Crippen molar-refractivity contribution in [1.29, 1.82) is 0 Å². The molecule has 0 aliphatic carbocycles. The van der Waals surface area contributed by atoms with Crippen molar-refractivity contribution in [2.75, 3.05) is 13.7 Å². The third-order valence-electron chi connectivity index (χ3n) is 2.80. The molecule has 1 aromatic rings. The number of benzene rings is 1. The molecule has 0 aliphatic rings. The molecule has 2 unspecified atom stereocenters. The topological polar surface area (TPSA) is 93.1 Å². The van der Waals surface area contributed by atoms with Gasteiger partial charge in [-0.1, -0.05) is 6.07 Å². The Balaban J connectivity index is 2.95. The molecule has 7 heteroatoms. The molecule has 0 amide bonds. The fourth-order valence-electron chi connectivity index (χ4n) is 1.68. The van der Waals surface area contributed by atoms with Gasteiger partial charge in [-0.25, -0.2) is 9.18 Å². The summed E-state index contributed by atoms with van der Waals surface area (Å²) >= 11 is 0. The van der Waals surface area contributed by atoms with Gasteiger partial charge >= 0.3 is 11.9 Å². The van der Waals surface area contributed by atoms with Gasteiger partial charge in [0, 0.05) is 0 Å². The summed E-state index contributed by atoms with van der Waals surface area (Å²) in [5.74, 6) is -2.37. The number of rotatable bonds is 6. The third kappa shape index (κ3) is 4.51. The summed E-state index contributed by atoms with van der Waals surface area (Å²) in [6, 6.07) is 3.28. The highest BCUT2D eigenvalue weighted by Crippen LogP contribution is 2.22. The van der Waals surface area contributed by atoms with Crippen LogP contribution >= 0.6 is 0 Å². The molecule has 0 radical (unpaired) electrons. The highest BCUT2D eigenvalue weighted by Gasteiger charge is 2.24. The van der Waals surface area contributed by atoms with Gasteiger partial charge in [-0.3, -0.25) is 4.79 Å². The van der Waals surface area contributed by atoms with Crippen molar-refractivity contribution < 1.29 is 33.7 Å². The molecular formula is C14H17FO6. The number of aliphatic hydroxyl groups excluding tert-OH is 2. The van der Waals surface area contributed by atoms with Crippen molar-refractivity contribution in [2.24, 2.45) is 0 Å². The molecule has 0 spiro atoms. The predicted molar refractivity (Wildman–Crippen MR) is 70.0 cm³/mol. The van der Waals surface area contributed by atoms with Gasteiger partial charge in [0.15, 0.2) is 0 Å². The first-order valence-corrected chi connectivity index (χ1v) is 6.30. The number of carbonyl (C=O) groups excluding carboxylic acids is 2. The lowest BCUT2D eigenvalue weighted by Crippen LogP contribution is -2.23. The third-order valence-corrected chi connectivity index (χ3v) is 2.80. The van der Waals surface area contributed by atoms with Gasteiger partial charge in [-0.2, -0.15) is 0 Å². The number of hydrogen-bond donors (Lipinski definition) is 2. The van der Waals surface area contributed by atoms with Crippen molar-refractivity contribution in [3.05, 3.63) is 35.1 Å². The van der Waals surface area contributed by atoms with Crippen molar-refractivity contribution in [3.8, 4) is 0 Å². The van der Waals surface area contributed by atoms with E-state index in [1.807, 2.05) is 0 Å². The largest absolute Gasteiger partial charge is 0.469 e. The van der Waals surface area contributed by atoms with E-state index in [0.29, 0.717) is 0 Å². The molecule has 2 atom stereocenters. The Bertz CT molecular complexity index is 516. The Morgan fingerprint density at radius 3 is 2.57 bits per heavy atom. The Morgan fingerprint density at radius 1 is 1.33 bits per heavy atom. The van der Waals surface area contributed by atoms with E-state index >= 15 is 0 Å². The minimum atomic E-state index is -1.46. The molecule has 6 nitrogen and oxygen atoms in total. The van der Waals surface area contributed by atoms with Crippen molar-refractivity contribution >= 4 is 11.9 Å². The van der Waals surface area contributed by atoms with Gasteiger partial charge in [0.05, 0.1) is 31.8 Å². The van der Waals surface area contributed by atoms with E-state index in [-0.39, 0.29) is 17.7 Å². The van der Waals surface area contributed by atoms with Crippen LogP contribution < -0.4 is 0 Å². The van der Waals surface area contributed by atoms with Crippen LogP contribution in [0.25, 0.3) is 0 Å². The van der Waals surface area contributed by atoms with Crippen LogP contribution in [-0.4, -0.2) is 42.0 Å². The molecule has 1 aromatic carbocycles. The summed E-state index contributed by atoms with van der Waals surface area (Å²) in [6.07, 6.45) is -3.32. The monoisotopic (exact) mass is 300 g/mol. The molecule has 0 aromatic heterocycles. The van der Waals surface area contributed by atoms with Crippen LogP contribution in [0.3, 0.4) is 0 Å². The molecule has 0 fully saturated rings. The number of aliphatic hydroxyl groups is 2. The molecule has 116 valence electrons. The normalized spacial score (nSPS) is 13.4. The van der Waals surface area contributed by atoms with E-state index in [9.17, 15) is 24.2 Å². The zero-order valence-corrected chi connectivity index (χ0v) is 11.7. The van der Waals surface area contributed by atoms with Gasteiger partial charge in [0.2, 0.25) is 0 Å². The molecule has 0 bridgehead atoms. The first-order valence-electron chi connectivity index (χ1n) is 6.30. The molecule has 0 aliphatic heterocycles. The van der Waals surface area contributed by atoms with Gasteiger partial charge < -0.3 is 19.7 Å². The van der Waals surface area contributed by atoms with Crippen LogP contribution in [0.2, 0.25) is 0 Å². The molecule has 21 heavy (non-hydrogen) atoms. The Kier molecular flexibility index (Phi) is 6.26. The molecular weight excluding hydrogens is 283 g/mol. The van der Waals surface area contributed by atoms with E-state index in [2.05, 4.69) is 9.47 Å². The maximum absolute atomic E-state index is 13.6. The maximum Gasteiger partial charge on any atom is 0.341 e. The summed E-state index contributed by atoms with van der Waals surface area (Å²) in [5, 5.41) is 19.6. The lowest BCUT2D eigenvalue weighted by Gasteiger charge is -2.18. The van der Waals surface area contributed by atoms with E-state index in [0.717, 1.165) is 19.2 Å². The van der Waals surface area contributed by atoms with Gasteiger partial charge in [0.1, 0.15) is 11.9 Å². The van der Waals surface area contributed by atoms with Crippen LogP contribution in [0.5, 0.6) is 0 Å². The zero-order chi connectivity index (χ0) is 16.0. The van der Waals surface area contributed by atoms with E-state index in [1.54, 1.807) is 6.92 Å². The lowest BCUT2D eigenvalue weighted by atomic mass is 10.00. The SMILES string of the molecule is CCOC(=O)c1cc(C(O)C(O)CC(=O)OC)ccc1F. The highest BCUT2D eigenvalue weighted by molar-refractivity contribution is 5.90. The van der Waals surface area contributed by atoms with Gasteiger partial charge in [0.25, 0.3) is 0 Å². The Morgan fingerprint density at radius 2 is 2.00 bits per heavy atom. The van der Waals surface area contributed by atoms with Crippen molar-refractivity contribution in [3.63, 3.8) is 0 Å². The second-order valence-corrected chi connectivity index (χ2v) is 4.25. The Hall–Kier alpha value is -1.99. The number of halogens is 1. The quantitative estimate of drug-likeness (QED) is 0.760. The fourth-order valence-corrected chi connectivity index (χ4v) is 1.68.